The topological polar surface area (TPSA) is 77.1 Å². The zero-order chi connectivity index (χ0) is 17.8. The van der Waals surface area contributed by atoms with Gasteiger partial charge in [-0.25, -0.2) is 0 Å². The second-order valence-corrected chi connectivity index (χ2v) is 5.32. The molecule has 7 nitrogen and oxygen atoms in total. The smallest absolute Gasteiger partial charge is 0.258 e. The monoisotopic (exact) mass is 358 g/mol. The fourth-order valence-electron chi connectivity index (χ4n) is 1.78. The molecule has 0 aliphatic rings. The van der Waals surface area contributed by atoms with E-state index < -0.39 is 0 Å². The highest BCUT2D eigenvalue weighted by Gasteiger charge is 2.14. The van der Waals surface area contributed by atoms with Crippen LogP contribution in [0.15, 0.2) is 24.3 Å². The Morgan fingerprint density at radius 3 is 2.21 bits per heavy atom. The van der Waals surface area contributed by atoms with Gasteiger partial charge in [0.2, 0.25) is 5.91 Å². The van der Waals surface area contributed by atoms with E-state index in [2.05, 4.69) is 5.32 Å². The molecule has 1 rings (SSSR count). The zero-order valence-corrected chi connectivity index (χ0v) is 14.7. The molecule has 1 aromatic carbocycles. The van der Waals surface area contributed by atoms with Crippen LogP contribution in [-0.2, 0) is 19.1 Å². The fraction of sp³-hybridized carbons (Fsp3) is 0.500. The van der Waals surface area contributed by atoms with Crippen LogP contribution in [0, 0.1) is 0 Å². The number of nitrogens with zero attached hydrogens (tertiary/aromatic N) is 1. The van der Waals surface area contributed by atoms with Crippen LogP contribution in [0.5, 0.6) is 5.75 Å². The number of rotatable bonds is 11. The summed E-state index contributed by atoms with van der Waals surface area (Å²) in [5.41, 5.74) is 0. The third kappa shape index (κ3) is 8.14. The van der Waals surface area contributed by atoms with Crippen LogP contribution >= 0.6 is 11.6 Å². The number of nitrogens with one attached hydrogen (secondary N) is 1. The van der Waals surface area contributed by atoms with Crippen LogP contribution in [0.1, 0.15) is 0 Å². The van der Waals surface area contributed by atoms with Gasteiger partial charge in [-0.05, 0) is 24.3 Å². The van der Waals surface area contributed by atoms with Crippen molar-refractivity contribution in [3.8, 4) is 5.75 Å². The Kier molecular flexibility index (Phi) is 9.83. The lowest BCUT2D eigenvalue weighted by Gasteiger charge is -2.22. The van der Waals surface area contributed by atoms with E-state index in [0.717, 1.165) is 0 Å². The summed E-state index contributed by atoms with van der Waals surface area (Å²) in [6.07, 6.45) is 0. The minimum Gasteiger partial charge on any atom is -0.484 e. The highest BCUT2D eigenvalue weighted by molar-refractivity contribution is 6.30. The summed E-state index contributed by atoms with van der Waals surface area (Å²) in [7, 11) is 3.13. The van der Waals surface area contributed by atoms with Gasteiger partial charge in [-0.1, -0.05) is 11.6 Å². The van der Waals surface area contributed by atoms with Crippen LogP contribution in [-0.4, -0.2) is 70.4 Å². The van der Waals surface area contributed by atoms with Gasteiger partial charge in [-0.15, -0.1) is 0 Å². The van der Waals surface area contributed by atoms with Gasteiger partial charge in [-0.2, -0.15) is 0 Å². The molecule has 0 saturated heterocycles. The summed E-state index contributed by atoms with van der Waals surface area (Å²) < 4.78 is 15.3. The number of benzene rings is 1. The van der Waals surface area contributed by atoms with Crippen molar-refractivity contribution in [2.45, 2.75) is 0 Å². The first-order valence-electron chi connectivity index (χ1n) is 7.47. The fourth-order valence-corrected chi connectivity index (χ4v) is 1.91. The average molecular weight is 359 g/mol. The van der Waals surface area contributed by atoms with Crippen LogP contribution < -0.4 is 10.1 Å². The molecule has 0 aliphatic heterocycles. The molecule has 134 valence electrons. The minimum atomic E-state index is -0.378. The Hall–Kier alpha value is -1.83. The van der Waals surface area contributed by atoms with Crippen LogP contribution in [0.3, 0.4) is 0 Å². The third-order valence-corrected chi connectivity index (χ3v) is 3.36. The highest BCUT2D eigenvalue weighted by Crippen LogP contribution is 2.15. The summed E-state index contributed by atoms with van der Waals surface area (Å²) in [5.74, 6) is -0.0524. The molecule has 0 aromatic heterocycles. The quantitative estimate of drug-likeness (QED) is 0.637. The number of ether oxygens (including phenoxy) is 3. The van der Waals surface area contributed by atoms with Gasteiger partial charge in [0.1, 0.15) is 5.75 Å². The molecule has 1 N–H and O–H groups in total. The second-order valence-electron chi connectivity index (χ2n) is 4.89. The average Bonchev–Trinajstić information content (AvgIpc) is 2.59. The van der Waals surface area contributed by atoms with Crippen molar-refractivity contribution >= 4 is 23.4 Å². The molecule has 0 atom stereocenters. The standard InChI is InChI=1S/C16H23ClN2O5/c1-22-9-7-19(8-10-23-2)16(21)11-18-15(20)12-24-14-5-3-13(17)4-6-14/h3-6H,7-12H2,1-2H3,(H,18,20). The molecule has 1 aromatic rings. The maximum absolute atomic E-state index is 12.1. The van der Waals surface area contributed by atoms with Gasteiger partial charge in [0.15, 0.2) is 6.61 Å². The SMILES string of the molecule is COCCN(CCOC)C(=O)CNC(=O)COc1ccc(Cl)cc1. The molecule has 0 saturated carbocycles. The van der Waals surface area contributed by atoms with E-state index in [1.54, 1.807) is 43.4 Å². The number of carbonyl (C=O) groups excluding carboxylic acids is 2. The molecule has 0 fully saturated rings. The maximum Gasteiger partial charge on any atom is 0.258 e. The summed E-state index contributed by atoms with van der Waals surface area (Å²) in [6, 6.07) is 6.67. The van der Waals surface area contributed by atoms with Crippen LogP contribution in [0.4, 0.5) is 0 Å². The van der Waals surface area contributed by atoms with Crippen molar-refractivity contribution in [2.24, 2.45) is 0 Å². The van der Waals surface area contributed by atoms with Crippen molar-refractivity contribution in [2.75, 3.05) is 53.7 Å². The molecule has 2 amide bonds. The predicted molar refractivity (Wildman–Crippen MR) is 90.3 cm³/mol. The predicted octanol–water partition coefficient (Wildman–Crippen LogP) is 0.956. The van der Waals surface area contributed by atoms with E-state index in [1.807, 2.05) is 0 Å². The van der Waals surface area contributed by atoms with Crippen molar-refractivity contribution < 1.29 is 23.8 Å². The molecule has 0 spiro atoms. The van der Waals surface area contributed by atoms with Crippen LogP contribution in [0.2, 0.25) is 5.02 Å². The lowest BCUT2D eigenvalue weighted by molar-refractivity contribution is -0.134. The van der Waals surface area contributed by atoms with Crippen molar-refractivity contribution in [3.05, 3.63) is 29.3 Å². The highest BCUT2D eigenvalue weighted by atomic mass is 35.5. The lowest BCUT2D eigenvalue weighted by atomic mass is 10.3. The Labute approximate surface area is 146 Å². The number of amides is 2. The molecule has 0 heterocycles. The van der Waals surface area contributed by atoms with Crippen molar-refractivity contribution in [1.29, 1.82) is 0 Å². The minimum absolute atomic E-state index is 0.101. The molecule has 8 heteroatoms. The van der Waals surface area contributed by atoms with Crippen LogP contribution in [0.25, 0.3) is 0 Å². The van der Waals surface area contributed by atoms with Gasteiger partial charge < -0.3 is 24.4 Å². The Bertz CT molecular complexity index is 502. The molecule has 0 aliphatic carbocycles. The molecular formula is C16H23ClN2O5. The van der Waals surface area contributed by atoms with Gasteiger partial charge in [0.05, 0.1) is 19.8 Å². The first-order valence-corrected chi connectivity index (χ1v) is 7.85. The van der Waals surface area contributed by atoms with Crippen molar-refractivity contribution in [3.63, 3.8) is 0 Å². The maximum atomic E-state index is 12.1. The normalized spacial score (nSPS) is 10.3. The number of hydrogen-bond acceptors (Lipinski definition) is 5. The Morgan fingerprint density at radius 1 is 1.08 bits per heavy atom. The summed E-state index contributed by atoms with van der Waals surface area (Å²) >= 11 is 5.77. The molecule has 24 heavy (non-hydrogen) atoms. The second kappa shape index (κ2) is 11.7. The van der Waals surface area contributed by atoms with Crippen molar-refractivity contribution in [1.82, 2.24) is 10.2 Å². The number of carbonyl (C=O) groups is 2. The van der Waals surface area contributed by atoms with E-state index in [9.17, 15) is 9.59 Å². The molecule has 0 radical (unpaired) electrons. The van der Waals surface area contributed by atoms with Gasteiger partial charge in [0.25, 0.3) is 5.91 Å². The first-order chi connectivity index (χ1) is 11.6. The number of methoxy groups -OCH3 is 2. The zero-order valence-electron chi connectivity index (χ0n) is 13.9. The van der Waals surface area contributed by atoms with E-state index in [1.165, 1.54) is 0 Å². The summed E-state index contributed by atoms with van der Waals surface area (Å²) in [4.78, 5) is 25.4. The van der Waals surface area contributed by atoms with E-state index >= 15 is 0 Å². The third-order valence-electron chi connectivity index (χ3n) is 3.10. The summed E-state index contributed by atoms with van der Waals surface area (Å²) in [6.45, 7) is 1.44. The Balaban J connectivity index is 2.34. The molecule has 0 unspecified atom stereocenters. The van der Waals surface area contributed by atoms with Gasteiger partial charge in [0, 0.05) is 32.3 Å². The number of hydrogen-bond donors (Lipinski definition) is 1. The largest absolute Gasteiger partial charge is 0.484 e. The Morgan fingerprint density at radius 2 is 1.67 bits per heavy atom. The van der Waals surface area contributed by atoms with E-state index in [-0.39, 0.29) is 25.0 Å². The van der Waals surface area contributed by atoms with E-state index in [4.69, 9.17) is 25.8 Å². The van der Waals surface area contributed by atoms with E-state index in [0.29, 0.717) is 37.1 Å². The van der Waals surface area contributed by atoms with Gasteiger partial charge >= 0.3 is 0 Å². The number of halogens is 1. The van der Waals surface area contributed by atoms with Gasteiger partial charge in [-0.3, -0.25) is 9.59 Å². The molecule has 0 bridgehead atoms. The summed E-state index contributed by atoms with van der Waals surface area (Å²) in [5, 5.41) is 3.12. The first kappa shape index (κ1) is 20.2. The lowest BCUT2D eigenvalue weighted by Crippen LogP contribution is -2.44. The molecular weight excluding hydrogens is 336 g/mol.